The molecule has 0 radical (unpaired) electrons. The fourth-order valence-electron chi connectivity index (χ4n) is 5.23. The van der Waals surface area contributed by atoms with E-state index in [1.54, 1.807) is 19.3 Å². The van der Waals surface area contributed by atoms with Gasteiger partial charge in [0.15, 0.2) is 0 Å². The minimum absolute atomic E-state index is 0.336. The fourth-order valence-corrected chi connectivity index (χ4v) is 5.23. The van der Waals surface area contributed by atoms with Gasteiger partial charge in [-0.25, -0.2) is 0 Å². The summed E-state index contributed by atoms with van der Waals surface area (Å²) in [5.74, 6) is 3.21. The number of hydrogen-bond acceptors (Lipinski definition) is 1. The first kappa shape index (κ1) is 11.1. The van der Waals surface area contributed by atoms with Crippen LogP contribution in [0.1, 0.15) is 58.8 Å². The number of hydrogen-bond donors (Lipinski definition) is 1. The van der Waals surface area contributed by atoms with Crippen LogP contribution in [0.25, 0.3) is 0 Å². The number of nitrogens with one attached hydrogen (secondary N) is 1. The summed E-state index contributed by atoms with van der Waals surface area (Å²) in [6.07, 6.45) is 10.7. The molecule has 16 heavy (non-hydrogen) atoms. The summed E-state index contributed by atoms with van der Waals surface area (Å²) in [6, 6.07) is 0. The van der Waals surface area contributed by atoms with Gasteiger partial charge in [0.2, 0.25) is 0 Å². The number of fused-ring (bicyclic) bond motifs is 1. The van der Waals surface area contributed by atoms with Gasteiger partial charge >= 0.3 is 0 Å². The highest BCUT2D eigenvalue weighted by Crippen LogP contribution is 2.60. The Bertz CT molecular complexity index is 267. The van der Waals surface area contributed by atoms with Crippen LogP contribution in [0.4, 0.5) is 0 Å². The smallest absolute Gasteiger partial charge is 0.0178 e. The van der Waals surface area contributed by atoms with Crippen molar-refractivity contribution in [3.63, 3.8) is 0 Å². The monoisotopic (exact) mass is 221 g/mol. The van der Waals surface area contributed by atoms with Crippen molar-refractivity contribution in [2.75, 3.05) is 7.05 Å². The minimum atomic E-state index is 0.336. The molecule has 4 rings (SSSR count). The van der Waals surface area contributed by atoms with Crippen LogP contribution < -0.4 is 5.32 Å². The van der Waals surface area contributed by atoms with Gasteiger partial charge in [-0.05, 0) is 89.0 Å². The van der Waals surface area contributed by atoms with Crippen molar-refractivity contribution in [2.45, 2.75) is 64.3 Å². The van der Waals surface area contributed by atoms with E-state index in [0.29, 0.717) is 11.0 Å². The predicted molar refractivity (Wildman–Crippen MR) is 68.4 cm³/mol. The van der Waals surface area contributed by atoms with Crippen LogP contribution in [0.3, 0.4) is 0 Å². The van der Waals surface area contributed by atoms with Gasteiger partial charge in [-0.1, -0.05) is 0 Å². The van der Waals surface area contributed by atoms with Crippen LogP contribution in [-0.2, 0) is 0 Å². The first-order chi connectivity index (χ1) is 7.55. The Balaban J connectivity index is 1.95. The van der Waals surface area contributed by atoms with Crippen molar-refractivity contribution >= 4 is 0 Å². The first-order valence-corrected chi connectivity index (χ1v) is 7.23. The van der Waals surface area contributed by atoms with Crippen molar-refractivity contribution in [2.24, 2.45) is 23.2 Å². The minimum Gasteiger partial charge on any atom is -0.314 e. The summed E-state index contributed by atoms with van der Waals surface area (Å²) < 4.78 is 0. The summed E-state index contributed by atoms with van der Waals surface area (Å²) in [5.41, 5.74) is 0.948. The first-order valence-electron chi connectivity index (χ1n) is 7.23. The summed E-state index contributed by atoms with van der Waals surface area (Å²) in [6.45, 7) is 4.89. The predicted octanol–water partition coefficient (Wildman–Crippen LogP) is 3.59. The molecule has 1 heteroatoms. The second-order valence-corrected chi connectivity index (χ2v) is 7.41. The lowest BCUT2D eigenvalue weighted by atomic mass is 9.55. The molecule has 0 spiro atoms. The van der Waals surface area contributed by atoms with Gasteiger partial charge in [0.05, 0.1) is 0 Å². The van der Waals surface area contributed by atoms with Crippen LogP contribution in [-0.4, -0.2) is 12.6 Å². The SMILES string of the molecule is CNC(C)(C)C12CCC3CC(CC(C3)C1)C2. The standard InChI is InChI=1S/C15H27N/c1-14(2,16-3)15-5-4-11-6-12(9-15)8-13(7-11)10-15/h11-13,16H,4-10H2,1-3H3. The van der Waals surface area contributed by atoms with Crippen LogP contribution in [0.2, 0.25) is 0 Å². The molecule has 4 aliphatic carbocycles. The highest BCUT2D eigenvalue weighted by Gasteiger charge is 2.53. The van der Waals surface area contributed by atoms with E-state index in [4.69, 9.17) is 0 Å². The molecule has 2 unspecified atom stereocenters. The van der Waals surface area contributed by atoms with E-state index in [0.717, 1.165) is 17.8 Å². The largest absolute Gasteiger partial charge is 0.314 e. The highest BCUT2D eigenvalue weighted by molar-refractivity contribution is 5.07. The summed E-state index contributed by atoms with van der Waals surface area (Å²) in [4.78, 5) is 0. The molecule has 0 aromatic carbocycles. The van der Waals surface area contributed by atoms with E-state index in [1.165, 1.54) is 25.7 Å². The van der Waals surface area contributed by atoms with Gasteiger partial charge in [0, 0.05) is 5.54 Å². The molecule has 1 nitrogen and oxygen atoms in total. The quantitative estimate of drug-likeness (QED) is 0.751. The topological polar surface area (TPSA) is 12.0 Å². The summed E-state index contributed by atoms with van der Waals surface area (Å²) in [5, 5.41) is 3.62. The molecule has 0 aromatic heterocycles. The molecule has 4 fully saturated rings. The van der Waals surface area contributed by atoms with Crippen molar-refractivity contribution in [3.8, 4) is 0 Å². The maximum absolute atomic E-state index is 3.62. The molecule has 4 aliphatic rings. The van der Waals surface area contributed by atoms with E-state index in [-0.39, 0.29) is 0 Å². The van der Waals surface area contributed by atoms with Gasteiger partial charge in [0.1, 0.15) is 0 Å². The van der Waals surface area contributed by atoms with Crippen molar-refractivity contribution in [3.05, 3.63) is 0 Å². The molecule has 0 aliphatic heterocycles. The average Bonchev–Trinajstić information content (AvgIpc) is 2.44. The van der Waals surface area contributed by atoms with Crippen LogP contribution >= 0.6 is 0 Å². The van der Waals surface area contributed by atoms with E-state index in [9.17, 15) is 0 Å². The number of rotatable bonds is 2. The van der Waals surface area contributed by atoms with Gasteiger partial charge in [-0.3, -0.25) is 0 Å². The molecule has 2 atom stereocenters. The second kappa shape index (κ2) is 3.48. The van der Waals surface area contributed by atoms with Crippen molar-refractivity contribution in [1.29, 1.82) is 0 Å². The zero-order chi connectivity index (χ0) is 11.4. The molecule has 1 N–H and O–H groups in total. The van der Waals surface area contributed by atoms with E-state index >= 15 is 0 Å². The molecular weight excluding hydrogens is 194 g/mol. The molecule has 0 amide bonds. The maximum Gasteiger partial charge on any atom is 0.0178 e. The Kier molecular flexibility index (Phi) is 2.41. The Morgan fingerprint density at radius 3 is 2.12 bits per heavy atom. The van der Waals surface area contributed by atoms with Gasteiger partial charge in [-0.2, -0.15) is 0 Å². The van der Waals surface area contributed by atoms with Gasteiger partial charge < -0.3 is 5.32 Å². The molecule has 92 valence electrons. The van der Waals surface area contributed by atoms with E-state index < -0.39 is 0 Å². The Morgan fingerprint density at radius 2 is 1.56 bits per heavy atom. The molecule has 4 bridgehead atoms. The van der Waals surface area contributed by atoms with Crippen LogP contribution in [0.15, 0.2) is 0 Å². The average molecular weight is 221 g/mol. The van der Waals surface area contributed by atoms with Crippen LogP contribution in [0.5, 0.6) is 0 Å². The van der Waals surface area contributed by atoms with E-state index in [1.807, 2.05) is 0 Å². The highest BCUT2D eigenvalue weighted by atomic mass is 15.0. The Labute approximate surface area is 100 Å². The zero-order valence-corrected chi connectivity index (χ0v) is 11.2. The second-order valence-electron chi connectivity index (χ2n) is 7.41. The molecule has 0 heterocycles. The normalized spacial score (nSPS) is 47.1. The fraction of sp³-hybridized carbons (Fsp3) is 1.00. The third kappa shape index (κ3) is 1.47. The lowest BCUT2D eigenvalue weighted by Gasteiger charge is -2.53. The van der Waals surface area contributed by atoms with Crippen molar-refractivity contribution < 1.29 is 0 Å². The van der Waals surface area contributed by atoms with Gasteiger partial charge in [0.25, 0.3) is 0 Å². The summed E-state index contributed by atoms with van der Waals surface area (Å²) >= 11 is 0. The lowest BCUT2D eigenvalue weighted by Crippen LogP contribution is -2.55. The lowest BCUT2D eigenvalue weighted by molar-refractivity contribution is 0.00237. The van der Waals surface area contributed by atoms with Crippen LogP contribution in [0, 0.1) is 23.2 Å². The maximum atomic E-state index is 3.62. The molecule has 4 saturated carbocycles. The van der Waals surface area contributed by atoms with E-state index in [2.05, 4.69) is 26.2 Å². The Hall–Kier alpha value is -0.0400. The zero-order valence-electron chi connectivity index (χ0n) is 11.2. The third-order valence-electron chi connectivity index (χ3n) is 6.34. The summed E-state index contributed by atoms with van der Waals surface area (Å²) in [7, 11) is 2.16. The molecule has 0 saturated heterocycles. The Morgan fingerprint density at radius 1 is 1.00 bits per heavy atom. The molecular formula is C15H27N. The van der Waals surface area contributed by atoms with Crippen molar-refractivity contribution in [1.82, 2.24) is 5.32 Å². The third-order valence-corrected chi connectivity index (χ3v) is 6.34. The van der Waals surface area contributed by atoms with Gasteiger partial charge in [-0.15, -0.1) is 0 Å². The molecule has 0 aromatic rings.